The summed E-state index contributed by atoms with van der Waals surface area (Å²) >= 11 is 12.6. The van der Waals surface area contributed by atoms with Gasteiger partial charge in [0.15, 0.2) is 5.65 Å². The fraction of sp³-hybridized carbons (Fsp3) is 0.407. The number of para-hydroxylation sites is 1. The van der Waals surface area contributed by atoms with Crippen molar-refractivity contribution < 1.29 is 9.84 Å². The summed E-state index contributed by atoms with van der Waals surface area (Å²) in [6, 6.07) is 9.50. The normalized spacial score (nSPS) is 18.9. The molecule has 7 nitrogen and oxygen atoms in total. The molecule has 188 valence electrons. The highest BCUT2D eigenvalue weighted by Crippen LogP contribution is 2.36. The van der Waals surface area contributed by atoms with E-state index >= 15 is 0 Å². The van der Waals surface area contributed by atoms with Crippen LogP contribution in [0.1, 0.15) is 50.1 Å². The highest BCUT2D eigenvalue weighted by molar-refractivity contribution is 6.30. The van der Waals surface area contributed by atoms with Crippen LogP contribution in [0.4, 0.5) is 0 Å². The zero-order chi connectivity index (χ0) is 25.2. The zero-order valence-corrected chi connectivity index (χ0v) is 21.9. The van der Waals surface area contributed by atoms with Crippen LogP contribution < -0.4 is 4.74 Å². The molecule has 0 bridgehead atoms. The van der Waals surface area contributed by atoms with Crippen LogP contribution in [0.15, 0.2) is 42.7 Å². The summed E-state index contributed by atoms with van der Waals surface area (Å²) < 4.78 is 7.60. The molecule has 3 aromatic heterocycles. The van der Waals surface area contributed by atoms with Gasteiger partial charge in [0.25, 0.3) is 0 Å². The summed E-state index contributed by atoms with van der Waals surface area (Å²) in [7, 11) is 1.63. The largest absolute Gasteiger partial charge is 0.496 e. The first kappa shape index (κ1) is 24.9. The lowest BCUT2D eigenvalue weighted by molar-refractivity contribution is 0.159. The molecule has 1 fully saturated rings. The van der Waals surface area contributed by atoms with Gasteiger partial charge in [-0.25, -0.2) is 9.97 Å². The van der Waals surface area contributed by atoms with Crippen molar-refractivity contribution in [3.05, 3.63) is 64.4 Å². The van der Waals surface area contributed by atoms with Gasteiger partial charge in [0.2, 0.25) is 5.28 Å². The lowest BCUT2D eigenvalue weighted by Crippen LogP contribution is -2.20. The van der Waals surface area contributed by atoms with Crippen LogP contribution in [0, 0.1) is 11.8 Å². The van der Waals surface area contributed by atoms with Gasteiger partial charge < -0.3 is 14.4 Å². The molecule has 3 heterocycles. The first-order valence-corrected chi connectivity index (χ1v) is 13.0. The molecule has 1 unspecified atom stereocenters. The number of aliphatic hydroxyl groups excluding tert-OH is 1. The third kappa shape index (κ3) is 5.19. The van der Waals surface area contributed by atoms with Gasteiger partial charge in [-0.1, -0.05) is 49.6 Å². The highest BCUT2D eigenvalue weighted by atomic mass is 35.5. The number of pyridine rings is 1. The van der Waals surface area contributed by atoms with Crippen molar-refractivity contribution in [2.75, 3.05) is 7.11 Å². The SMILES string of the molecule is COc1ccccc1CC(O)c1nc2nc(Cl)nc(-c3cncc(Cl)c3)c2n1CC1CCC(C)CC1. The molecule has 9 heteroatoms. The Morgan fingerprint density at radius 1 is 1.08 bits per heavy atom. The smallest absolute Gasteiger partial charge is 0.225 e. The summed E-state index contributed by atoms with van der Waals surface area (Å²) in [6.07, 6.45) is 7.42. The summed E-state index contributed by atoms with van der Waals surface area (Å²) in [5.74, 6) is 2.49. The number of halogens is 2. The van der Waals surface area contributed by atoms with E-state index in [0.29, 0.717) is 41.1 Å². The number of rotatable bonds is 7. The van der Waals surface area contributed by atoms with Crippen LogP contribution in [-0.2, 0) is 13.0 Å². The van der Waals surface area contributed by atoms with Crippen molar-refractivity contribution in [1.82, 2.24) is 24.5 Å². The van der Waals surface area contributed by atoms with E-state index in [1.54, 1.807) is 25.6 Å². The van der Waals surface area contributed by atoms with Crippen molar-refractivity contribution in [1.29, 1.82) is 0 Å². The topological polar surface area (TPSA) is 85.9 Å². The summed E-state index contributed by atoms with van der Waals surface area (Å²) in [6.45, 7) is 3.03. The Bertz CT molecular complexity index is 1370. The van der Waals surface area contributed by atoms with Crippen molar-refractivity contribution in [3.63, 3.8) is 0 Å². The van der Waals surface area contributed by atoms with Crippen LogP contribution in [0.3, 0.4) is 0 Å². The Kier molecular flexibility index (Phi) is 7.42. The minimum absolute atomic E-state index is 0.0828. The van der Waals surface area contributed by atoms with E-state index in [1.165, 1.54) is 12.8 Å². The third-order valence-corrected chi connectivity index (χ3v) is 7.44. The van der Waals surface area contributed by atoms with Gasteiger partial charge in [-0.05, 0) is 54.0 Å². The number of imidazole rings is 1. The maximum absolute atomic E-state index is 11.5. The number of hydrogen-bond acceptors (Lipinski definition) is 6. The molecule has 1 saturated carbocycles. The molecule has 0 saturated heterocycles. The molecule has 0 aliphatic heterocycles. The lowest BCUT2D eigenvalue weighted by Gasteiger charge is -2.27. The fourth-order valence-electron chi connectivity index (χ4n) is 5.15. The predicted molar refractivity (Wildman–Crippen MR) is 141 cm³/mol. The van der Waals surface area contributed by atoms with Crippen LogP contribution >= 0.6 is 23.2 Å². The molecule has 4 aromatic rings. The van der Waals surface area contributed by atoms with Crippen molar-refractivity contribution >= 4 is 34.4 Å². The van der Waals surface area contributed by atoms with E-state index in [1.807, 2.05) is 24.3 Å². The minimum Gasteiger partial charge on any atom is -0.496 e. The van der Waals surface area contributed by atoms with Crippen LogP contribution in [-0.4, -0.2) is 36.7 Å². The molecule has 1 N–H and O–H groups in total. The Balaban J connectivity index is 1.63. The van der Waals surface area contributed by atoms with Crippen LogP contribution in [0.2, 0.25) is 10.3 Å². The Labute approximate surface area is 220 Å². The summed E-state index contributed by atoms with van der Waals surface area (Å²) in [5, 5.41) is 12.1. The van der Waals surface area contributed by atoms with Crippen LogP contribution in [0.5, 0.6) is 5.75 Å². The van der Waals surface area contributed by atoms with Crippen molar-refractivity contribution in [2.45, 2.75) is 51.7 Å². The number of methoxy groups -OCH3 is 1. The number of nitrogens with zero attached hydrogens (tertiary/aromatic N) is 5. The minimum atomic E-state index is -0.873. The molecule has 5 rings (SSSR count). The summed E-state index contributed by atoms with van der Waals surface area (Å²) in [5.41, 5.74) is 3.41. The van der Waals surface area contributed by atoms with Gasteiger partial charge in [0, 0.05) is 30.9 Å². The van der Waals surface area contributed by atoms with Gasteiger partial charge in [-0.15, -0.1) is 0 Å². The molecule has 0 spiro atoms. The number of benzene rings is 1. The number of hydrogen-bond donors (Lipinski definition) is 1. The maximum Gasteiger partial charge on any atom is 0.225 e. The van der Waals surface area contributed by atoms with Gasteiger partial charge in [0.05, 0.1) is 12.1 Å². The standard InChI is InChI=1S/C27H29Cl2N5O2/c1-16-7-9-17(10-8-16)15-34-24-23(19-11-20(28)14-30-13-19)31-27(29)33-25(24)32-26(34)21(35)12-18-5-3-4-6-22(18)36-2/h3-6,11,13-14,16-17,21,35H,7-10,12,15H2,1-2H3. The van der Waals surface area contributed by atoms with E-state index < -0.39 is 6.10 Å². The zero-order valence-electron chi connectivity index (χ0n) is 20.4. The van der Waals surface area contributed by atoms with E-state index in [-0.39, 0.29) is 5.28 Å². The van der Waals surface area contributed by atoms with Gasteiger partial charge in [-0.2, -0.15) is 4.98 Å². The first-order chi connectivity index (χ1) is 17.4. The molecule has 1 aromatic carbocycles. The molecule has 1 aliphatic rings. The molecule has 36 heavy (non-hydrogen) atoms. The average molecular weight is 526 g/mol. The second kappa shape index (κ2) is 10.7. The quantitative estimate of drug-likeness (QED) is 0.284. The predicted octanol–water partition coefficient (Wildman–Crippen LogP) is 6.31. The van der Waals surface area contributed by atoms with E-state index in [0.717, 1.165) is 41.2 Å². The Hall–Kier alpha value is -2.74. The molecular weight excluding hydrogens is 497 g/mol. The monoisotopic (exact) mass is 525 g/mol. The highest BCUT2D eigenvalue weighted by Gasteiger charge is 2.27. The first-order valence-electron chi connectivity index (χ1n) is 12.3. The number of aliphatic hydroxyl groups is 1. The van der Waals surface area contributed by atoms with Crippen LogP contribution in [0.25, 0.3) is 22.4 Å². The second-order valence-electron chi connectivity index (χ2n) is 9.64. The van der Waals surface area contributed by atoms with Gasteiger partial charge in [0.1, 0.15) is 28.9 Å². The van der Waals surface area contributed by atoms with Crippen molar-refractivity contribution in [3.8, 4) is 17.0 Å². The average Bonchev–Trinajstić information content (AvgIpc) is 3.23. The van der Waals surface area contributed by atoms with E-state index in [4.69, 9.17) is 32.9 Å². The molecule has 1 atom stereocenters. The van der Waals surface area contributed by atoms with E-state index in [2.05, 4.69) is 26.4 Å². The second-order valence-corrected chi connectivity index (χ2v) is 10.4. The molecule has 0 amide bonds. The maximum atomic E-state index is 11.5. The lowest BCUT2D eigenvalue weighted by atomic mass is 9.83. The summed E-state index contributed by atoms with van der Waals surface area (Å²) in [4.78, 5) is 18.0. The molecule has 1 aliphatic carbocycles. The fourth-order valence-corrected chi connectivity index (χ4v) is 5.49. The molecular formula is C27H29Cl2N5O2. The number of aromatic nitrogens is 5. The Morgan fingerprint density at radius 2 is 1.86 bits per heavy atom. The Morgan fingerprint density at radius 3 is 2.61 bits per heavy atom. The molecule has 0 radical (unpaired) electrons. The van der Waals surface area contributed by atoms with Gasteiger partial charge in [-0.3, -0.25) is 4.98 Å². The van der Waals surface area contributed by atoms with Gasteiger partial charge >= 0.3 is 0 Å². The number of ether oxygens (including phenoxy) is 1. The van der Waals surface area contributed by atoms with E-state index in [9.17, 15) is 5.11 Å². The van der Waals surface area contributed by atoms with Crippen molar-refractivity contribution in [2.24, 2.45) is 11.8 Å². The number of fused-ring (bicyclic) bond motifs is 1. The third-order valence-electron chi connectivity index (χ3n) is 7.06.